The minimum atomic E-state index is -0.418. The van der Waals surface area contributed by atoms with E-state index >= 15 is 0 Å². The fraction of sp³-hybridized carbons (Fsp3) is 0.182. The van der Waals surface area contributed by atoms with Crippen LogP contribution in [0.2, 0.25) is 0 Å². The summed E-state index contributed by atoms with van der Waals surface area (Å²) in [5.41, 5.74) is 3.10. The number of benzene rings is 3. The Morgan fingerprint density at radius 1 is 0.846 bits per heavy atom. The fourth-order valence-electron chi connectivity index (χ4n) is 3.14. The zero-order chi connectivity index (χ0) is 18.8. The van der Waals surface area contributed by atoms with Crippen molar-refractivity contribution in [2.24, 2.45) is 0 Å². The summed E-state index contributed by atoms with van der Waals surface area (Å²) in [6, 6.07) is 12.0. The lowest BCUT2D eigenvalue weighted by molar-refractivity contribution is 0.466. The average Bonchev–Trinajstić information content (AvgIpc) is 2.61. The average molecular weight is 356 g/mol. The predicted octanol–water partition coefficient (Wildman–Crippen LogP) is 5.88. The van der Waals surface area contributed by atoms with E-state index in [1.165, 1.54) is 24.3 Å². The van der Waals surface area contributed by atoms with Gasteiger partial charge in [0.25, 0.3) is 0 Å². The molecule has 1 N–H and O–H groups in total. The van der Waals surface area contributed by atoms with Crippen LogP contribution in [0.1, 0.15) is 22.3 Å². The maximum absolute atomic E-state index is 14.5. The molecule has 0 amide bonds. The highest BCUT2D eigenvalue weighted by molar-refractivity contribution is 5.65. The van der Waals surface area contributed by atoms with Gasteiger partial charge in [-0.2, -0.15) is 0 Å². The Bertz CT molecular complexity index is 964. The molecule has 0 atom stereocenters. The van der Waals surface area contributed by atoms with Crippen LogP contribution in [0, 0.1) is 31.3 Å². The Balaban J connectivity index is 1.95. The Morgan fingerprint density at radius 3 is 2.35 bits per heavy atom. The van der Waals surface area contributed by atoms with Crippen LogP contribution in [0.25, 0.3) is 11.1 Å². The molecule has 0 fully saturated rings. The van der Waals surface area contributed by atoms with Crippen LogP contribution < -0.4 is 0 Å². The number of aromatic hydroxyl groups is 1. The highest BCUT2D eigenvalue weighted by Crippen LogP contribution is 2.28. The van der Waals surface area contributed by atoms with Gasteiger partial charge in [-0.05, 0) is 96.5 Å². The first-order valence-corrected chi connectivity index (χ1v) is 8.38. The third-order valence-corrected chi connectivity index (χ3v) is 4.64. The molecule has 26 heavy (non-hydrogen) atoms. The van der Waals surface area contributed by atoms with Crippen molar-refractivity contribution >= 4 is 0 Å². The van der Waals surface area contributed by atoms with Crippen LogP contribution >= 0.6 is 0 Å². The molecular weight excluding hydrogens is 337 g/mol. The molecule has 0 saturated heterocycles. The smallest absolute Gasteiger partial charge is 0.129 e. The predicted molar refractivity (Wildman–Crippen MR) is 96.7 cm³/mol. The topological polar surface area (TPSA) is 20.2 Å². The van der Waals surface area contributed by atoms with Gasteiger partial charge in [0.2, 0.25) is 0 Å². The van der Waals surface area contributed by atoms with E-state index in [-0.39, 0.29) is 30.2 Å². The lowest BCUT2D eigenvalue weighted by atomic mass is 9.94. The number of phenols is 1. The highest BCUT2D eigenvalue weighted by Gasteiger charge is 2.14. The molecule has 134 valence electrons. The molecular formula is C22H19F3O. The van der Waals surface area contributed by atoms with Crippen molar-refractivity contribution in [1.82, 2.24) is 0 Å². The fourth-order valence-corrected chi connectivity index (χ4v) is 3.14. The van der Waals surface area contributed by atoms with Crippen molar-refractivity contribution < 1.29 is 18.3 Å². The summed E-state index contributed by atoms with van der Waals surface area (Å²) in [6.07, 6.45) is 0.534. The summed E-state index contributed by atoms with van der Waals surface area (Å²) in [4.78, 5) is 0. The largest absolute Gasteiger partial charge is 0.508 e. The van der Waals surface area contributed by atoms with Crippen molar-refractivity contribution in [3.63, 3.8) is 0 Å². The van der Waals surface area contributed by atoms with Crippen molar-refractivity contribution in [2.75, 3.05) is 0 Å². The molecule has 0 radical (unpaired) electrons. The standard InChI is InChI=1S/C22H19F3O/c1-13-10-17(15-4-3-5-18(23)12-15)11-16(22(13)25)6-7-19-14(2)21(26)9-8-20(19)24/h3-5,8-12,26H,6-7H2,1-2H3. The molecule has 3 aromatic carbocycles. The van der Waals surface area contributed by atoms with E-state index in [0.717, 1.165) is 0 Å². The van der Waals surface area contributed by atoms with Gasteiger partial charge < -0.3 is 5.11 Å². The van der Waals surface area contributed by atoms with Gasteiger partial charge >= 0.3 is 0 Å². The number of aryl methyl sites for hydroxylation is 2. The van der Waals surface area contributed by atoms with E-state index in [1.807, 2.05) is 0 Å². The molecule has 0 unspecified atom stereocenters. The first-order chi connectivity index (χ1) is 12.4. The monoisotopic (exact) mass is 356 g/mol. The van der Waals surface area contributed by atoms with E-state index in [9.17, 15) is 18.3 Å². The number of hydrogen-bond acceptors (Lipinski definition) is 1. The van der Waals surface area contributed by atoms with E-state index < -0.39 is 5.82 Å². The second-order valence-electron chi connectivity index (χ2n) is 6.45. The minimum absolute atomic E-state index is 0.0200. The number of phenolic OH excluding ortho intramolecular Hbond substituents is 1. The zero-order valence-electron chi connectivity index (χ0n) is 14.6. The van der Waals surface area contributed by atoms with E-state index in [1.54, 1.807) is 38.1 Å². The molecule has 0 aliphatic heterocycles. The normalized spacial score (nSPS) is 11.0. The molecule has 4 heteroatoms. The van der Waals surface area contributed by atoms with Gasteiger partial charge in [-0.25, -0.2) is 13.2 Å². The van der Waals surface area contributed by atoms with Crippen LogP contribution in [0.4, 0.5) is 13.2 Å². The first-order valence-electron chi connectivity index (χ1n) is 8.38. The minimum Gasteiger partial charge on any atom is -0.508 e. The van der Waals surface area contributed by atoms with Crippen LogP contribution in [0.5, 0.6) is 5.75 Å². The SMILES string of the molecule is Cc1cc(-c2cccc(F)c2)cc(CCc2c(F)ccc(O)c2C)c1F. The maximum Gasteiger partial charge on any atom is 0.129 e. The first kappa shape index (κ1) is 18.1. The summed E-state index contributed by atoms with van der Waals surface area (Å²) in [5, 5.41) is 9.76. The Labute approximate surface area is 150 Å². The van der Waals surface area contributed by atoms with Crippen molar-refractivity contribution in [3.05, 3.63) is 88.2 Å². The molecule has 3 aromatic rings. The molecule has 0 spiro atoms. The summed E-state index contributed by atoms with van der Waals surface area (Å²) in [7, 11) is 0. The third-order valence-electron chi connectivity index (χ3n) is 4.64. The molecule has 0 aromatic heterocycles. The van der Waals surface area contributed by atoms with E-state index in [4.69, 9.17) is 0 Å². The van der Waals surface area contributed by atoms with Gasteiger partial charge in [0.15, 0.2) is 0 Å². The second-order valence-corrected chi connectivity index (χ2v) is 6.45. The van der Waals surface area contributed by atoms with Gasteiger partial charge in [0, 0.05) is 0 Å². The summed E-state index contributed by atoms with van der Waals surface area (Å²) < 4.78 is 42.1. The van der Waals surface area contributed by atoms with Crippen LogP contribution in [-0.2, 0) is 12.8 Å². The van der Waals surface area contributed by atoms with Gasteiger partial charge in [0.1, 0.15) is 23.2 Å². The molecule has 0 aliphatic rings. The highest BCUT2D eigenvalue weighted by atomic mass is 19.1. The molecule has 0 aliphatic carbocycles. The van der Waals surface area contributed by atoms with Crippen LogP contribution in [-0.4, -0.2) is 5.11 Å². The Hall–Kier alpha value is -2.75. The number of hydrogen-bond donors (Lipinski definition) is 1. The molecule has 0 heterocycles. The maximum atomic E-state index is 14.5. The lowest BCUT2D eigenvalue weighted by Gasteiger charge is -2.12. The molecule has 3 rings (SSSR count). The van der Waals surface area contributed by atoms with E-state index in [2.05, 4.69) is 0 Å². The Kier molecular flexibility index (Phi) is 5.03. The van der Waals surface area contributed by atoms with Crippen LogP contribution in [0.15, 0.2) is 48.5 Å². The van der Waals surface area contributed by atoms with Crippen molar-refractivity contribution in [1.29, 1.82) is 0 Å². The summed E-state index contributed by atoms with van der Waals surface area (Å²) >= 11 is 0. The lowest BCUT2D eigenvalue weighted by Crippen LogP contribution is -2.02. The number of rotatable bonds is 4. The van der Waals surface area contributed by atoms with Gasteiger partial charge in [-0.1, -0.05) is 12.1 Å². The molecule has 0 bridgehead atoms. The molecule has 0 saturated carbocycles. The second kappa shape index (κ2) is 7.24. The zero-order valence-corrected chi connectivity index (χ0v) is 14.6. The Morgan fingerprint density at radius 2 is 1.62 bits per heavy atom. The summed E-state index contributed by atoms with van der Waals surface area (Å²) in [6.45, 7) is 3.29. The van der Waals surface area contributed by atoms with Gasteiger partial charge in [-0.3, -0.25) is 0 Å². The van der Waals surface area contributed by atoms with E-state index in [0.29, 0.717) is 33.4 Å². The van der Waals surface area contributed by atoms with Gasteiger partial charge in [-0.15, -0.1) is 0 Å². The van der Waals surface area contributed by atoms with Crippen LogP contribution in [0.3, 0.4) is 0 Å². The van der Waals surface area contributed by atoms with Crippen molar-refractivity contribution in [3.8, 4) is 16.9 Å². The van der Waals surface area contributed by atoms with Crippen molar-refractivity contribution in [2.45, 2.75) is 26.7 Å². The molecule has 1 nitrogen and oxygen atoms in total. The summed E-state index contributed by atoms with van der Waals surface area (Å²) in [5.74, 6) is -1.10. The van der Waals surface area contributed by atoms with Gasteiger partial charge in [0.05, 0.1) is 0 Å². The number of halogens is 3. The third kappa shape index (κ3) is 3.59. The quantitative estimate of drug-likeness (QED) is 0.619.